The molecule has 1 aliphatic heterocycles. The number of ether oxygens (including phenoxy) is 1. The number of alkyl halides is 3. The van der Waals surface area contributed by atoms with E-state index in [1.165, 1.54) is 12.1 Å². The first kappa shape index (κ1) is 21.3. The van der Waals surface area contributed by atoms with E-state index in [2.05, 4.69) is 5.32 Å². The fourth-order valence-corrected chi connectivity index (χ4v) is 3.20. The molecule has 0 aromatic heterocycles. The lowest BCUT2D eigenvalue weighted by Crippen LogP contribution is -2.59. The van der Waals surface area contributed by atoms with Crippen molar-refractivity contribution in [3.63, 3.8) is 0 Å². The van der Waals surface area contributed by atoms with Gasteiger partial charge in [-0.15, -0.1) is 0 Å². The van der Waals surface area contributed by atoms with E-state index in [0.29, 0.717) is 25.2 Å². The van der Waals surface area contributed by atoms with Crippen molar-refractivity contribution in [2.24, 2.45) is 0 Å². The summed E-state index contributed by atoms with van der Waals surface area (Å²) in [6.45, 7) is 6.45. The van der Waals surface area contributed by atoms with Crippen molar-refractivity contribution < 1.29 is 22.7 Å². The van der Waals surface area contributed by atoms with Crippen LogP contribution in [0.4, 0.5) is 23.7 Å². The summed E-state index contributed by atoms with van der Waals surface area (Å²) in [5.74, 6) is 0. The van der Waals surface area contributed by atoms with E-state index < -0.39 is 23.4 Å². The highest BCUT2D eigenvalue weighted by Crippen LogP contribution is 2.32. The zero-order chi connectivity index (χ0) is 20.4. The van der Waals surface area contributed by atoms with Crippen molar-refractivity contribution in [3.05, 3.63) is 29.8 Å². The highest BCUT2D eigenvalue weighted by atomic mass is 19.4. The Hall–Kier alpha value is -1.96. The Bertz CT molecular complexity index is 656. The number of hydrogen-bond donors (Lipinski definition) is 1. The van der Waals surface area contributed by atoms with Crippen LogP contribution < -0.4 is 10.2 Å². The molecule has 0 aliphatic carbocycles. The summed E-state index contributed by atoms with van der Waals surface area (Å²) >= 11 is 0. The van der Waals surface area contributed by atoms with Crippen LogP contribution in [0.25, 0.3) is 0 Å². The molecule has 1 fully saturated rings. The SMILES string of the molecule is CN(C)[C@H]1CN(c2cccc(C(F)(F)F)c2)CC[C@@H]1NC(=O)OC(C)(C)C. The number of piperidine rings is 1. The molecule has 2 atom stereocenters. The van der Waals surface area contributed by atoms with Crippen molar-refractivity contribution in [2.45, 2.75) is 51.1 Å². The van der Waals surface area contributed by atoms with E-state index in [9.17, 15) is 18.0 Å². The van der Waals surface area contributed by atoms with Crippen LogP contribution in [0.15, 0.2) is 24.3 Å². The van der Waals surface area contributed by atoms with Crippen LogP contribution in [0.1, 0.15) is 32.8 Å². The molecule has 1 amide bonds. The number of nitrogens with one attached hydrogen (secondary N) is 1. The molecule has 8 heteroatoms. The van der Waals surface area contributed by atoms with Gasteiger partial charge in [0.15, 0.2) is 0 Å². The average Bonchev–Trinajstić information content (AvgIpc) is 2.52. The number of likely N-dealkylation sites (N-methyl/N-ethyl adjacent to an activating group) is 1. The summed E-state index contributed by atoms with van der Waals surface area (Å²) in [5, 5.41) is 2.90. The fourth-order valence-electron chi connectivity index (χ4n) is 3.20. The zero-order valence-corrected chi connectivity index (χ0v) is 16.4. The van der Waals surface area contributed by atoms with Crippen LogP contribution in [-0.4, -0.2) is 55.9 Å². The van der Waals surface area contributed by atoms with Crippen molar-refractivity contribution in [3.8, 4) is 0 Å². The summed E-state index contributed by atoms with van der Waals surface area (Å²) in [4.78, 5) is 16.0. The molecule has 1 heterocycles. The zero-order valence-electron chi connectivity index (χ0n) is 16.4. The van der Waals surface area contributed by atoms with Gasteiger partial charge in [-0.3, -0.25) is 0 Å². The van der Waals surface area contributed by atoms with Gasteiger partial charge in [0.1, 0.15) is 5.60 Å². The first-order valence-electron chi connectivity index (χ1n) is 8.95. The van der Waals surface area contributed by atoms with Gasteiger partial charge in [-0.2, -0.15) is 13.2 Å². The Balaban J connectivity index is 2.11. The minimum absolute atomic E-state index is 0.0548. The van der Waals surface area contributed by atoms with Gasteiger partial charge < -0.3 is 19.9 Å². The predicted octanol–water partition coefficient (Wildman–Crippen LogP) is 3.74. The van der Waals surface area contributed by atoms with E-state index in [4.69, 9.17) is 4.74 Å². The van der Waals surface area contributed by atoms with Crippen LogP contribution in [0.2, 0.25) is 0 Å². The molecular formula is C19H28F3N3O2. The summed E-state index contributed by atoms with van der Waals surface area (Å²) in [7, 11) is 3.79. The maximum Gasteiger partial charge on any atom is 0.416 e. The lowest BCUT2D eigenvalue weighted by atomic mass is 9.97. The highest BCUT2D eigenvalue weighted by molar-refractivity contribution is 5.68. The van der Waals surface area contributed by atoms with Crippen LogP contribution in [0, 0.1) is 0 Å². The number of benzene rings is 1. The standard InChI is InChI=1S/C19H28F3N3O2/c1-18(2,3)27-17(26)23-15-9-10-25(12-16(15)24(4)5)14-8-6-7-13(11-14)19(20,21)22/h6-8,11,15-16H,9-10,12H2,1-5H3,(H,23,26)/t15-,16-/m0/s1. The minimum atomic E-state index is -4.37. The Labute approximate surface area is 158 Å². The number of carbonyl (C=O) groups is 1. The molecule has 0 saturated carbocycles. The lowest BCUT2D eigenvalue weighted by molar-refractivity contribution is -0.137. The predicted molar refractivity (Wildman–Crippen MR) is 98.9 cm³/mol. The molecule has 152 valence electrons. The van der Waals surface area contributed by atoms with Gasteiger partial charge in [-0.1, -0.05) is 6.07 Å². The minimum Gasteiger partial charge on any atom is -0.444 e. The molecule has 0 bridgehead atoms. The quantitative estimate of drug-likeness (QED) is 0.858. The molecule has 5 nitrogen and oxygen atoms in total. The van der Waals surface area contributed by atoms with Gasteiger partial charge in [0.25, 0.3) is 0 Å². The van der Waals surface area contributed by atoms with E-state index in [-0.39, 0.29) is 12.1 Å². The average molecular weight is 387 g/mol. The number of nitrogens with zero attached hydrogens (tertiary/aromatic N) is 2. The molecule has 27 heavy (non-hydrogen) atoms. The number of halogens is 3. The molecular weight excluding hydrogens is 359 g/mol. The van der Waals surface area contributed by atoms with Gasteiger partial charge in [0, 0.05) is 24.8 Å². The highest BCUT2D eigenvalue weighted by Gasteiger charge is 2.35. The summed E-state index contributed by atoms with van der Waals surface area (Å²) < 4.78 is 44.3. The molecule has 1 N–H and O–H groups in total. The van der Waals surface area contributed by atoms with Crippen LogP contribution in [-0.2, 0) is 10.9 Å². The van der Waals surface area contributed by atoms with Gasteiger partial charge in [0.2, 0.25) is 0 Å². The third-order valence-corrected chi connectivity index (χ3v) is 4.49. The summed E-state index contributed by atoms with van der Waals surface area (Å²) in [6, 6.07) is 5.16. The van der Waals surface area contributed by atoms with Crippen molar-refractivity contribution in [2.75, 3.05) is 32.1 Å². The molecule has 0 spiro atoms. The van der Waals surface area contributed by atoms with Crippen molar-refractivity contribution in [1.29, 1.82) is 0 Å². The van der Waals surface area contributed by atoms with E-state index in [1.807, 2.05) is 23.9 Å². The number of alkyl carbamates (subject to hydrolysis) is 1. The third-order valence-electron chi connectivity index (χ3n) is 4.49. The van der Waals surface area contributed by atoms with E-state index in [0.717, 1.165) is 6.07 Å². The molecule has 1 aromatic rings. The van der Waals surface area contributed by atoms with Crippen molar-refractivity contribution in [1.82, 2.24) is 10.2 Å². The maximum absolute atomic E-state index is 13.0. The van der Waals surface area contributed by atoms with Gasteiger partial charge in [-0.05, 0) is 59.5 Å². The van der Waals surface area contributed by atoms with Crippen molar-refractivity contribution >= 4 is 11.8 Å². The second kappa shape index (κ2) is 7.96. The Morgan fingerprint density at radius 2 is 1.93 bits per heavy atom. The molecule has 2 rings (SSSR count). The number of anilines is 1. The number of rotatable bonds is 3. The Morgan fingerprint density at radius 1 is 1.26 bits per heavy atom. The summed E-state index contributed by atoms with van der Waals surface area (Å²) in [6.07, 6.45) is -4.24. The number of hydrogen-bond acceptors (Lipinski definition) is 4. The molecule has 0 unspecified atom stereocenters. The Kier molecular flexibility index (Phi) is 6.29. The maximum atomic E-state index is 13.0. The topological polar surface area (TPSA) is 44.8 Å². The van der Waals surface area contributed by atoms with Crippen LogP contribution >= 0.6 is 0 Å². The lowest BCUT2D eigenvalue weighted by Gasteiger charge is -2.43. The Morgan fingerprint density at radius 3 is 2.48 bits per heavy atom. The van der Waals surface area contributed by atoms with E-state index in [1.54, 1.807) is 26.8 Å². The van der Waals surface area contributed by atoms with E-state index >= 15 is 0 Å². The summed E-state index contributed by atoms with van der Waals surface area (Å²) in [5.41, 5.74) is -0.709. The van der Waals surface area contributed by atoms with Gasteiger partial charge in [-0.25, -0.2) is 4.79 Å². The normalized spacial score (nSPS) is 21.3. The molecule has 1 aromatic carbocycles. The third kappa shape index (κ3) is 6.02. The first-order chi connectivity index (χ1) is 12.4. The second-order valence-corrected chi connectivity index (χ2v) is 8.07. The second-order valence-electron chi connectivity index (χ2n) is 8.07. The van der Waals surface area contributed by atoms with Crippen LogP contribution in [0.5, 0.6) is 0 Å². The fraction of sp³-hybridized carbons (Fsp3) is 0.632. The monoisotopic (exact) mass is 387 g/mol. The first-order valence-corrected chi connectivity index (χ1v) is 8.95. The molecule has 1 aliphatic rings. The largest absolute Gasteiger partial charge is 0.444 e. The molecule has 0 radical (unpaired) electrons. The smallest absolute Gasteiger partial charge is 0.416 e. The van der Waals surface area contributed by atoms with Gasteiger partial charge in [0.05, 0.1) is 11.6 Å². The van der Waals surface area contributed by atoms with Gasteiger partial charge >= 0.3 is 12.3 Å². The van der Waals surface area contributed by atoms with Crippen LogP contribution in [0.3, 0.4) is 0 Å². The molecule has 1 saturated heterocycles. The number of carbonyl (C=O) groups excluding carboxylic acids is 1. The number of amides is 1.